The summed E-state index contributed by atoms with van der Waals surface area (Å²) < 4.78 is 10.8. The average molecular weight is 461 g/mol. The van der Waals surface area contributed by atoms with Crippen molar-refractivity contribution in [2.24, 2.45) is 0 Å². The fraction of sp³-hybridized carbons (Fsp3) is 0.357. The van der Waals surface area contributed by atoms with Gasteiger partial charge in [0.1, 0.15) is 5.75 Å². The number of carbonyl (C=O) groups excluding carboxylic acids is 2. The average Bonchev–Trinajstić information content (AvgIpc) is 2.83. The topological polar surface area (TPSA) is 67.9 Å². The summed E-state index contributed by atoms with van der Waals surface area (Å²) in [5.74, 6) is -0.0763. The Morgan fingerprint density at radius 1 is 1.09 bits per heavy atom. The largest absolute Gasteiger partial charge is 0.497 e. The molecule has 0 bridgehead atoms. The zero-order chi connectivity index (χ0) is 24.4. The van der Waals surface area contributed by atoms with Crippen LogP contribution >= 0.6 is 0 Å². The van der Waals surface area contributed by atoms with Gasteiger partial charge in [0, 0.05) is 49.1 Å². The van der Waals surface area contributed by atoms with Gasteiger partial charge in [-0.25, -0.2) is 4.79 Å². The molecular weight excluding hydrogens is 428 g/mol. The number of esters is 1. The van der Waals surface area contributed by atoms with Gasteiger partial charge in [0.05, 0.1) is 19.3 Å². The van der Waals surface area contributed by atoms with Gasteiger partial charge in [-0.3, -0.25) is 4.79 Å². The van der Waals surface area contributed by atoms with E-state index in [1.807, 2.05) is 45.3 Å². The summed E-state index contributed by atoms with van der Waals surface area (Å²) in [6, 6.07) is 16.0. The quantitative estimate of drug-likeness (QED) is 0.631. The normalized spacial score (nSPS) is 20.0. The van der Waals surface area contributed by atoms with Crippen molar-refractivity contribution < 1.29 is 19.1 Å². The monoisotopic (exact) mass is 460 g/mol. The van der Waals surface area contributed by atoms with Crippen molar-refractivity contribution in [1.82, 2.24) is 5.32 Å². The number of methoxy groups -OCH3 is 1. The second kappa shape index (κ2) is 9.75. The van der Waals surface area contributed by atoms with Crippen LogP contribution in [0.5, 0.6) is 5.75 Å². The van der Waals surface area contributed by atoms with Crippen LogP contribution in [0.25, 0.3) is 0 Å². The number of dihydropyridines is 1. The number of benzene rings is 2. The summed E-state index contributed by atoms with van der Waals surface area (Å²) in [5.41, 5.74) is 5.86. The van der Waals surface area contributed by atoms with Gasteiger partial charge in [-0.2, -0.15) is 0 Å². The van der Waals surface area contributed by atoms with Crippen molar-refractivity contribution >= 4 is 17.4 Å². The third-order valence-electron chi connectivity index (χ3n) is 6.63. The molecule has 2 aromatic carbocycles. The number of Topliss-reactive ketones (excluding diaryl/α,β-unsaturated/α-hetero) is 1. The molecule has 6 heteroatoms. The molecule has 2 aliphatic rings. The van der Waals surface area contributed by atoms with E-state index in [9.17, 15) is 9.59 Å². The fourth-order valence-corrected chi connectivity index (χ4v) is 4.95. The molecule has 6 nitrogen and oxygen atoms in total. The molecule has 34 heavy (non-hydrogen) atoms. The third-order valence-corrected chi connectivity index (χ3v) is 6.63. The van der Waals surface area contributed by atoms with Crippen LogP contribution in [0.4, 0.5) is 5.69 Å². The molecule has 4 rings (SSSR count). The van der Waals surface area contributed by atoms with Crippen molar-refractivity contribution in [3.8, 4) is 5.75 Å². The molecule has 2 atom stereocenters. The second-order valence-corrected chi connectivity index (χ2v) is 9.00. The summed E-state index contributed by atoms with van der Waals surface area (Å²) in [5, 5.41) is 3.39. The predicted octanol–water partition coefficient (Wildman–Crippen LogP) is 4.69. The van der Waals surface area contributed by atoms with E-state index >= 15 is 0 Å². The summed E-state index contributed by atoms with van der Waals surface area (Å²) in [7, 11) is 5.63. The molecule has 0 aromatic heterocycles. The van der Waals surface area contributed by atoms with Gasteiger partial charge >= 0.3 is 5.97 Å². The van der Waals surface area contributed by atoms with Crippen LogP contribution in [0.3, 0.4) is 0 Å². The molecule has 0 saturated heterocycles. The van der Waals surface area contributed by atoms with Gasteiger partial charge in [-0.1, -0.05) is 24.3 Å². The zero-order valence-electron chi connectivity index (χ0n) is 20.5. The van der Waals surface area contributed by atoms with E-state index in [4.69, 9.17) is 9.47 Å². The predicted molar refractivity (Wildman–Crippen MR) is 133 cm³/mol. The Balaban J connectivity index is 1.76. The maximum Gasteiger partial charge on any atom is 0.336 e. The van der Waals surface area contributed by atoms with E-state index in [1.165, 1.54) is 0 Å². The highest BCUT2D eigenvalue weighted by atomic mass is 16.5. The molecule has 2 aromatic rings. The van der Waals surface area contributed by atoms with Crippen molar-refractivity contribution in [3.05, 3.63) is 82.2 Å². The number of nitrogens with one attached hydrogen (secondary N) is 1. The maximum atomic E-state index is 13.6. The summed E-state index contributed by atoms with van der Waals surface area (Å²) in [4.78, 5) is 28.7. The smallest absolute Gasteiger partial charge is 0.336 e. The highest BCUT2D eigenvalue weighted by Gasteiger charge is 2.41. The minimum absolute atomic E-state index is 0.0533. The van der Waals surface area contributed by atoms with Gasteiger partial charge in [0.2, 0.25) is 0 Å². The van der Waals surface area contributed by atoms with Crippen molar-refractivity contribution in [2.45, 2.75) is 38.5 Å². The number of ether oxygens (including phenoxy) is 2. The van der Waals surface area contributed by atoms with Gasteiger partial charge < -0.3 is 19.7 Å². The Labute approximate surface area is 201 Å². The van der Waals surface area contributed by atoms with Crippen molar-refractivity contribution in [3.63, 3.8) is 0 Å². The van der Waals surface area contributed by atoms with E-state index in [1.54, 1.807) is 14.0 Å². The van der Waals surface area contributed by atoms with Crippen LogP contribution in [-0.2, 0) is 14.3 Å². The molecule has 1 aliphatic carbocycles. The number of hydrogen-bond donors (Lipinski definition) is 1. The molecule has 1 heterocycles. The third kappa shape index (κ3) is 4.45. The fourth-order valence-electron chi connectivity index (χ4n) is 4.95. The van der Waals surface area contributed by atoms with Gasteiger partial charge in [-0.15, -0.1) is 0 Å². The molecule has 0 radical (unpaired) electrons. The van der Waals surface area contributed by atoms with Gasteiger partial charge in [0.25, 0.3) is 0 Å². The van der Waals surface area contributed by atoms with Gasteiger partial charge in [0.15, 0.2) is 5.78 Å². The first-order valence-electron chi connectivity index (χ1n) is 11.7. The molecule has 0 saturated carbocycles. The first kappa shape index (κ1) is 23.6. The van der Waals surface area contributed by atoms with Crippen LogP contribution in [0, 0.1) is 0 Å². The Morgan fingerprint density at radius 2 is 1.82 bits per heavy atom. The molecular formula is C28H32N2O4. The molecule has 0 fully saturated rings. The lowest BCUT2D eigenvalue weighted by molar-refractivity contribution is -0.138. The van der Waals surface area contributed by atoms with E-state index in [-0.39, 0.29) is 18.3 Å². The number of carbonyl (C=O) groups is 2. The van der Waals surface area contributed by atoms with E-state index < -0.39 is 11.9 Å². The lowest BCUT2D eigenvalue weighted by Gasteiger charge is -2.36. The van der Waals surface area contributed by atoms with Crippen LogP contribution in [0.2, 0.25) is 0 Å². The maximum absolute atomic E-state index is 13.6. The number of anilines is 1. The second-order valence-electron chi connectivity index (χ2n) is 9.00. The van der Waals surface area contributed by atoms with E-state index in [0.29, 0.717) is 29.7 Å². The zero-order valence-corrected chi connectivity index (χ0v) is 20.5. The standard InChI is InChI=1S/C28H32N2O4/c1-6-34-28(32)25-17(2)29-23-15-20(18-10-12-21(13-11-18)30(3)4)16-24(31)27(23)26(25)19-8-7-9-22(14-19)33-5/h7-14,20,26,29H,6,15-16H2,1-5H3/t20-,26-/m0/s1. The number of allylic oxidation sites excluding steroid dienone is 3. The lowest BCUT2D eigenvalue weighted by atomic mass is 9.71. The first-order valence-corrected chi connectivity index (χ1v) is 11.7. The van der Waals surface area contributed by atoms with Crippen LogP contribution in [0.15, 0.2) is 71.1 Å². The highest BCUT2D eigenvalue weighted by molar-refractivity contribution is 6.04. The molecule has 0 unspecified atom stereocenters. The van der Waals surface area contributed by atoms with Crippen LogP contribution < -0.4 is 15.0 Å². The molecule has 1 N–H and O–H groups in total. The van der Waals surface area contributed by atoms with E-state index in [2.05, 4.69) is 34.5 Å². The number of ketones is 1. The summed E-state index contributed by atoms with van der Waals surface area (Å²) in [6.07, 6.45) is 1.10. The van der Waals surface area contributed by atoms with Gasteiger partial charge in [-0.05, 0) is 61.6 Å². The summed E-state index contributed by atoms with van der Waals surface area (Å²) in [6.45, 7) is 3.93. The minimum atomic E-state index is -0.491. The number of nitrogens with zero attached hydrogens (tertiary/aromatic N) is 1. The Bertz CT molecular complexity index is 1160. The summed E-state index contributed by atoms with van der Waals surface area (Å²) >= 11 is 0. The Kier molecular flexibility index (Phi) is 6.77. The van der Waals surface area contributed by atoms with Crippen molar-refractivity contribution in [2.75, 3.05) is 32.7 Å². The Hall–Kier alpha value is -3.54. The number of hydrogen-bond acceptors (Lipinski definition) is 6. The molecule has 1 aliphatic heterocycles. The van der Waals surface area contributed by atoms with Crippen molar-refractivity contribution in [1.29, 1.82) is 0 Å². The lowest BCUT2D eigenvalue weighted by Crippen LogP contribution is -2.36. The first-order chi connectivity index (χ1) is 16.3. The molecule has 0 amide bonds. The minimum Gasteiger partial charge on any atom is -0.497 e. The van der Waals surface area contributed by atoms with E-state index in [0.717, 1.165) is 28.2 Å². The SMILES string of the molecule is CCOC(=O)C1=C(C)NC2=C(C(=O)C[C@@H](c3ccc(N(C)C)cc3)C2)[C@H]1c1cccc(OC)c1. The number of rotatable bonds is 6. The molecule has 0 spiro atoms. The molecule has 178 valence electrons. The Morgan fingerprint density at radius 3 is 2.47 bits per heavy atom. The highest BCUT2D eigenvalue weighted by Crippen LogP contribution is 2.46. The van der Waals surface area contributed by atoms with Crippen LogP contribution in [-0.4, -0.2) is 39.6 Å². The van der Waals surface area contributed by atoms with Crippen LogP contribution in [0.1, 0.15) is 49.7 Å².